The zero-order valence-electron chi connectivity index (χ0n) is 10.4. The molecule has 1 aromatic rings. The van der Waals surface area contributed by atoms with E-state index in [-0.39, 0.29) is 0 Å². The van der Waals surface area contributed by atoms with E-state index in [9.17, 15) is 0 Å². The minimum absolute atomic E-state index is 0.668. The van der Waals surface area contributed by atoms with Crippen LogP contribution in [0.2, 0.25) is 0 Å². The van der Waals surface area contributed by atoms with Gasteiger partial charge in [0, 0.05) is 17.7 Å². The molecule has 0 aromatic heterocycles. The second-order valence-electron chi connectivity index (χ2n) is 4.08. The highest BCUT2D eigenvalue weighted by atomic mass is 79.9. The van der Waals surface area contributed by atoms with E-state index in [1.807, 2.05) is 30.3 Å². The molecule has 0 spiro atoms. The first-order chi connectivity index (χ1) is 8.75. The Morgan fingerprint density at radius 3 is 3.00 bits per heavy atom. The van der Waals surface area contributed by atoms with Crippen molar-refractivity contribution in [3.63, 3.8) is 0 Å². The van der Waals surface area contributed by atoms with Crippen LogP contribution in [-0.4, -0.2) is 36.8 Å². The summed E-state index contributed by atoms with van der Waals surface area (Å²) in [7, 11) is 2.06. The van der Waals surface area contributed by atoms with Crippen LogP contribution in [0, 0.1) is 0 Å². The summed E-state index contributed by atoms with van der Waals surface area (Å²) in [6.45, 7) is 2.44. The predicted octanol–water partition coefficient (Wildman–Crippen LogP) is 3.06. The molecular weight excluding hydrogens is 292 g/mol. The van der Waals surface area contributed by atoms with Gasteiger partial charge in [0.2, 0.25) is 0 Å². The van der Waals surface area contributed by atoms with Crippen molar-refractivity contribution in [3.8, 4) is 5.75 Å². The van der Waals surface area contributed by atoms with E-state index in [4.69, 9.17) is 4.74 Å². The first-order valence-electron chi connectivity index (χ1n) is 5.95. The van der Waals surface area contributed by atoms with Gasteiger partial charge in [0.25, 0.3) is 0 Å². The summed E-state index contributed by atoms with van der Waals surface area (Å²) in [5.41, 5.74) is 0. The third kappa shape index (κ3) is 3.89. The molecule has 1 aromatic carbocycles. The highest BCUT2D eigenvalue weighted by molar-refractivity contribution is 9.10. The quantitative estimate of drug-likeness (QED) is 0.831. The largest absolute Gasteiger partial charge is 0.492 e. The molecule has 1 aliphatic heterocycles. The molecule has 18 heavy (non-hydrogen) atoms. The molecule has 0 radical (unpaired) electrons. The minimum Gasteiger partial charge on any atom is -0.492 e. The van der Waals surface area contributed by atoms with Gasteiger partial charge in [0.15, 0.2) is 0 Å². The zero-order valence-corrected chi connectivity index (χ0v) is 12.0. The molecule has 4 heteroatoms. The van der Waals surface area contributed by atoms with Crippen molar-refractivity contribution < 1.29 is 4.74 Å². The lowest BCUT2D eigenvalue weighted by Crippen LogP contribution is -2.39. The van der Waals surface area contributed by atoms with Crippen LogP contribution in [0.5, 0.6) is 5.75 Å². The molecule has 0 fully saturated rings. The standard InChI is InChI=1S/C14H17BrN2O/c1-16(17-8-3-2-4-9-17)10-11-18-14-7-5-6-13(15)12-14/h2-8,12H,9-11H2,1H3. The van der Waals surface area contributed by atoms with Crippen LogP contribution in [0.4, 0.5) is 0 Å². The molecule has 0 amide bonds. The van der Waals surface area contributed by atoms with Gasteiger partial charge >= 0.3 is 0 Å². The van der Waals surface area contributed by atoms with Crippen molar-refractivity contribution in [1.82, 2.24) is 10.0 Å². The summed E-state index contributed by atoms with van der Waals surface area (Å²) in [4.78, 5) is 0. The van der Waals surface area contributed by atoms with Gasteiger partial charge < -0.3 is 9.75 Å². The van der Waals surface area contributed by atoms with E-state index in [0.29, 0.717) is 6.61 Å². The topological polar surface area (TPSA) is 15.7 Å². The fraction of sp³-hybridized carbons (Fsp3) is 0.286. The maximum absolute atomic E-state index is 5.71. The van der Waals surface area contributed by atoms with Gasteiger partial charge in [-0.05, 0) is 24.3 Å². The Bertz CT molecular complexity index is 445. The average molecular weight is 309 g/mol. The normalized spacial score (nSPS) is 14.3. The van der Waals surface area contributed by atoms with E-state index in [2.05, 4.69) is 51.3 Å². The molecule has 2 rings (SSSR count). The molecule has 1 heterocycles. The molecule has 0 N–H and O–H groups in total. The van der Waals surface area contributed by atoms with Gasteiger partial charge in [-0.25, -0.2) is 5.01 Å². The van der Waals surface area contributed by atoms with Gasteiger partial charge in [-0.2, -0.15) is 0 Å². The smallest absolute Gasteiger partial charge is 0.120 e. The van der Waals surface area contributed by atoms with Gasteiger partial charge in [0.05, 0.1) is 13.1 Å². The van der Waals surface area contributed by atoms with Gasteiger partial charge in [0.1, 0.15) is 12.4 Å². The first kappa shape index (κ1) is 13.2. The Balaban J connectivity index is 1.75. The number of hydrazine groups is 1. The number of rotatable bonds is 5. The fourth-order valence-electron chi connectivity index (χ4n) is 1.69. The summed E-state index contributed by atoms with van der Waals surface area (Å²) in [6, 6.07) is 7.91. The van der Waals surface area contributed by atoms with Crippen LogP contribution in [0.1, 0.15) is 0 Å². The van der Waals surface area contributed by atoms with Crippen LogP contribution >= 0.6 is 15.9 Å². The molecule has 0 saturated carbocycles. The average Bonchev–Trinajstić information content (AvgIpc) is 2.40. The lowest BCUT2D eigenvalue weighted by Gasteiger charge is -2.30. The molecule has 0 unspecified atom stereocenters. The number of benzene rings is 1. The summed E-state index contributed by atoms with van der Waals surface area (Å²) >= 11 is 3.43. The van der Waals surface area contributed by atoms with Crippen LogP contribution in [-0.2, 0) is 0 Å². The van der Waals surface area contributed by atoms with E-state index >= 15 is 0 Å². The maximum atomic E-state index is 5.71. The SMILES string of the molecule is CN(CCOc1cccc(Br)c1)N1C=CC=CC1. The summed E-state index contributed by atoms with van der Waals surface area (Å²) < 4.78 is 6.75. The molecule has 1 aliphatic rings. The lowest BCUT2D eigenvalue weighted by atomic mass is 10.3. The van der Waals surface area contributed by atoms with Crippen molar-refractivity contribution in [2.24, 2.45) is 0 Å². The number of likely N-dealkylation sites (N-methyl/N-ethyl adjacent to an activating group) is 1. The van der Waals surface area contributed by atoms with Crippen LogP contribution < -0.4 is 4.74 Å². The number of ether oxygens (including phenoxy) is 1. The Hall–Kier alpha value is -1.26. The predicted molar refractivity (Wildman–Crippen MR) is 77.3 cm³/mol. The third-order valence-electron chi connectivity index (χ3n) is 2.72. The Labute approximate surface area is 116 Å². The van der Waals surface area contributed by atoms with E-state index < -0.39 is 0 Å². The lowest BCUT2D eigenvalue weighted by molar-refractivity contribution is 0.0477. The van der Waals surface area contributed by atoms with Gasteiger partial charge in [-0.3, -0.25) is 0 Å². The molecule has 0 aliphatic carbocycles. The molecule has 96 valence electrons. The van der Waals surface area contributed by atoms with Crippen LogP contribution in [0.15, 0.2) is 53.2 Å². The number of allylic oxidation sites excluding steroid dienone is 2. The van der Waals surface area contributed by atoms with E-state index in [0.717, 1.165) is 23.3 Å². The Kier molecular flexibility index (Phi) is 4.84. The van der Waals surface area contributed by atoms with Crippen molar-refractivity contribution in [3.05, 3.63) is 53.2 Å². The number of hydrogen-bond acceptors (Lipinski definition) is 3. The zero-order chi connectivity index (χ0) is 12.8. The summed E-state index contributed by atoms with van der Waals surface area (Å²) in [6.07, 6.45) is 8.29. The Morgan fingerprint density at radius 2 is 2.28 bits per heavy atom. The second kappa shape index (κ2) is 6.61. The molecule has 0 saturated heterocycles. The van der Waals surface area contributed by atoms with Crippen LogP contribution in [0.25, 0.3) is 0 Å². The Morgan fingerprint density at radius 1 is 1.39 bits per heavy atom. The summed E-state index contributed by atoms with van der Waals surface area (Å²) in [5.74, 6) is 0.895. The van der Waals surface area contributed by atoms with E-state index in [1.54, 1.807) is 0 Å². The third-order valence-corrected chi connectivity index (χ3v) is 3.21. The van der Waals surface area contributed by atoms with Gasteiger partial charge in [-0.1, -0.05) is 34.1 Å². The minimum atomic E-state index is 0.668. The highest BCUT2D eigenvalue weighted by Crippen LogP contribution is 2.17. The highest BCUT2D eigenvalue weighted by Gasteiger charge is 2.06. The van der Waals surface area contributed by atoms with Crippen LogP contribution in [0.3, 0.4) is 0 Å². The number of nitrogens with zero attached hydrogens (tertiary/aromatic N) is 2. The van der Waals surface area contributed by atoms with Crippen molar-refractivity contribution >= 4 is 15.9 Å². The molecule has 0 atom stereocenters. The van der Waals surface area contributed by atoms with Crippen molar-refractivity contribution in [2.45, 2.75) is 0 Å². The number of hydrogen-bond donors (Lipinski definition) is 0. The van der Waals surface area contributed by atoms with Crippen molar-refractivity contribution in [2.75, 3.05) is 26.7 Å². The number of halogens is 1. The van der Waals surface area contributed by atoms with Gasteiger partial charge in [-0.15, -0.1) is 0 Å². The summed E-state index contributed by atoms with van der Waals surface area (Å²) in [5, 5.41) is 4.31. The van der Waals surface area contributed by atoms with E-state index in [1.165, 1.54) is 0 Å². The van der Waals surface area contributed by atoms with Crippen molar-refractivity contribution in [1.29, 1.82) is 0 Å². The molecule has 3 nitrogen and oxygen atoms in total. The molecule has 0 bridgehead atoms. The first-order valence-corrected chi connectivity index (χ1v) is 6.74. The fourth-order valence-corrected chi connectivity index (χ4v) is 2.07. The maximum Gasteiger partial charge on any atom is 0.120 e. The monoisotopic (exact) mass is 308 g/mol. The molecular formula is C14H17BrN2O. The second-order valence-corrected chi connectivity index (χ2v) is 4.99.